The van der Waals surface area contributed by atoms with Gasteiger partial charge in [0.2, 0.25) is 5.91 Å². The summed E-state index contributed by atoms with van der Waals surface area (Å²) < 4.78 is 10.6. The minimum atomic E-state index is -0.971. The lowest BCUT2D eigenvalue weighted by Crippen LogP contribution is -2.50. The molecule has 0 aromatic heterocycles. The number of rotatable bonds is 6. The van der Waals surface area contributed by atoms with Gasteiger partial charge in [-0.05, 0) is 35.2 Å². The quantitative estimate of drug-likeness (QED) is 0.830. The van der Waals surface area contributed by atoms with Crippen molar-refractivity contribution in [1.82, 2.24) is 4.90 Å². The zero-order valence-electron chi connectivity index (χ0n) is 16.3. The van der Waals surface area contributed by atoms with Crippen LogP contribution in [-0.4, -0.2) is 42.1 Å². The van der Waals surface area contributed by atoms with Gasteiger partial charge >= 0.3 is 5.97 Å². The van der Waals surface area contributed by atoms with Crippen molar-refractivity contribution < 1.29 is 24.2 Å². The van der Waals surface area contributed by atoms with Crippen molar-refractivity contribution in [1.29, 1.82) is 0 Å². The Morgan fingerprint density at radius 2 is 1.79 bits per heavy atom. The van der Waals surface area contributed by atoms with Crippen LogP contribution in [-0.2, 0) is 29.0 Å². The van der Waals surface area contributed by atoms with Crippen LogP contribution in [0.3, 0.4) is 0 Å². The number of benzene rings is 2. The molecule has 2 aromatic rings. The summed E-state index contributed by atoms with van der Waals surface area (Å²) in [6.07, 6.45) is 0.823. The third-order valence-electron chi connectivity index (χ3n) is 5.23. The number of carbonyl (C=O) groups is 2. The first-order valence-corrected chi connectivity index (χ1v) is 9.25. The number of hydrogen-bond donors (Lipinski definition) is 1. The average Bonchev–Trinajstić information content (AvgIpc) is 2.71. The third kappa shape index (κ3) is 3.96. The molecule has 3 rings (SSSR count). The highest BCUT2D eigenvalue weighted by Crippen LogP contribution is 2.30. The Kier molecular flexibility index (Phi) is 5.87. The number of methoxy groups -OCH3 is 2. The lowest BCUT2D eigenvalue weighted by atomic mass is 9.91. The monoisotopic (exact) mass is 383 g/mol. The summed E-state index contributed by atoms with van der Waals surface area (Å²) in [5, 5.41) is 9.66. The maximum absolute atomic E-state index is 13.1. The predicted octanol–water partition coefficient (Wildman–Crippen LogP) is 2.92. The van der Waals surface area contributed by atoms with Crippen LogP contribution in [0.4, 0.5) is 0 Å². The molecule has 0 saturated heterocycles. The van der Waals surface area contributed by atoms with Gasteiger partial charge in [-0.1, -0.05) is 37.3 Å². The summed E-state index contributed by atoms with van der Waals surface area (Å²) in [7, 11) is 3.14. The maximum atomic E-state index is 13.1. The van der Waals surface area contributed by atoms with E-state index < -0.39 is 12.0 Å². The van der Waals surface area contributed by atoms with E-state index in [4.69, 9.17) is 9.47 Å². The lowest BCUT2D eigenvalue weighted by Gasteiger charge is -2.36. The first-order valence-electron chi connectivity index (χ1n) is 9.25. The molecule has 1 aliphatic heterocycles. The summed E-state index contributed by atoms with van der Waals surface area (Å²) in [5.41, 5.74) is 2.93. The number of aliphatic carboxylic acids is 1. The molecular formula is C22H25NO5. The van der Waals surface area contributed by atoms with E-state index in [9.17, 15) is 14.7 Å². The summed E-state index contributed by atoms with van der Waals surface area (Å²) in [5.74, 6) is -0.248. The molecule has 1 N–H and O–H groups in total. The highest BCUT2D eigenvalue weighted by Gasteiger charge is 2.36. The van der Waals surface area contributed by atoms with Gasteiger partial charge < -0.3 is 19.5 Å². The average molecular weight is 383 g/mol. The van der Waals surface area contributed by atoms with Crippen molar-refractivity contribution in [2.24, 2.45) is 5.92 Å². The standard InChI is InChI=1S/C22H25NO5/c1-14(10-15-8-9-19(27-2)20(11-15)28-3)21(24)23-13-17-7-5-4-6-16(17)12-18(23)22(25)26/h4-9,11,14,18H,10,12-13H2,1-3H3,(H,25,26). The molecular weight excluding hydrogens is 358 g/mol. The Labute approximate surface area is 164 Å². The van der Waals surface area contributed by atoms with E-state index in [-0.39, 0.29) is 11.8 Å². The van der Waals surface area contributed by atoms with Gasteiger partial charge in [0.1, 0.15) is 6.04 Å². The third-order valence-corrected chi connectivity index (χ3v) is 5.23. The molecule has 2 unspecified atom stereocenters. The van der Waals surface area contributed by atoms with Crippen molar-refractivity contribution in [3.05, 3.63) is 59.2 Å². The number of amides is 1. The Hall–Kier alpha value is -3.02. The van der Waals surface area contributed by atoms with Crippen LogP contribution < -0.4 is 9.47 Å². The molecule has 6 nitrogen and oxygen atoms in total. The van der Waals surface area contributed by atoms with Crippen molar-refractivity contribution in [2.45, 2.75) is 32.4 Å². The molecule has 1 amide bonds. The highest BCUT2D eigenvalue weighted by atomic mass is 16.5. The van der Waals surface area contributed by atoms with Gasteiger partial charge in [0, 0.05) is 18.9 Å². The zero-order valence-corrected chi connectivity index (χ0v) is 16.3. The van der Waals surface area contributed by atoms with Gasteiger partial charge in [0.05, 0.1) is 14.2 Å². The van der Waals surface area contributed by atoms with E-state index >= 15 is 0 Å². The predicted molar refractivity (Wildman–Crippen MR) is 105 cm³/mol. The summed E-state index contributed by atoms with van der Waals surface area (Å²) in [6, 6.07) is 12.4. The summed E-state index contributed by atoms with van der Waals surface area (Å²) >= 11 is 0. The van der Waals surface area contributed by atoms with Crippen LogP contribution >= 0.6 is 0 Å². The van der Waals surface area contributed by atoms with Gasteiger partial charge in [-0.15, -0.1) is 0 Å². The molecule has 6 heteroatoms. The molecule has 2 atom stereocenters. The fourth-order valence-corrected chi connectivity index (χ4v) is 3.71. The van der Waals surface area contributed by atoms with Crippen molar-refractivity contribution >= 4 is 11.9 Å². The molecule has 0 spiro atoms. The molecule has 28 heavy (non-hydrogen) atoms. The largest absolute Gasteiger partial charge is 0.493 e. The molecule has 1 aliphatic rings. The van der Waals surface area contributed by atoms with E-state index in [0.717, 1.165) is 16.7 Å². The fourth-order valence-electron chi connectivity index (χ4n) is 3.71. The van der Waals surface area contributed by atoms with Gasteiger partial charge in [0.15, 0.2) is 11.5 Å². The van der Waals surface area contributed by atoms with Crippen molar-refractivity contribution in [2.75, 3.05) is 14.2 Å². The Morgan fingerprint density at radius 1 is 1.11 bits per heavy atom. The van der Waals surface area contributed by atoms with Crippen LogP contribution in [0, 0.1) is 5.92 Å². The Balaban J connectivity index is 1.79. The Morgan fingerprint density at radius 3 is 2.43 bits per heavy atom. The van der Waals surface area contributed by atoms with Crippen LogP contribution in [0.5, 0.6) is 11.5 Å². The minimum Gasteiger partial charge on any atom is -0.493 e. The topological polar surface area (TPSA) is 76.1 Å². The number of carboxylic acids is 1. The van der Waals surface area contributed by atoms with Crippen LogP contribution in [0.15, 0.2) is 42.5 Å². The van der Waals surface area contributed by atoms with Crippen molar-refractivity contribution in [3.63, 3.8) is 0 Å². The fraction of sp³-hybridized carbons (Fsp3) is 0.364. The van der Waals surface area contributed by atoms with Gasteiger partial charge in [-0.3, -0.25) is 4.79 Å². The zero-order chi connectivity index (χ0) is 20.3. The molecule has 0 fully saturated rings. The second kappa shape index (κ2) is 8.33. The second-order valence-corrected chi connectivity index (χ2v) is 7.09. The van der Waals surface area contributed by atoms with Gasteiger partial charge in [0.25, 0.3) is 0 Å². The molecule has 1 heterocycles. The Bertz CT molecular complexity index is 879. The van der Waals surface area contributed by atoms with Crippen molar-refractivity contribution in [3.8, 4) is 11.5 Å². The van der Waals surface area contributed by atoms with E-state index in [1.807, 2.05) is 49.4 Å². The lowest BCUT2D eigenvalue weighted by molar-refractivity contribution is -0.153. The number of nitrogens with zero attached hydrogens (tertiary/aromatic N) is 1. The number of carbonyl (C=O) groups excluding carboxylic acids is 1. The second-order valence-electron chi connectivity index (χ2n) is 7.09. The normalized spacial score (nSPS) is 16.8. The molecule has 0 saturated carbocycles. The smallest absolute Gasteiger partial charge is 0.326 e. The van der Waals surface area contributed by atoms with E-state index in [0.29, 0.717) is 30.9 Å². The number of carboxylic acid groups (broad SMARTS) is 1. The molecule has 0 aliphatic carbocycles. The first-order chi connectivity index (χ1) is 13.4. The van der Waals surface area contributed by atoms with Crippen LogP contribution in [0.1, 0.15) is 23.6 Å². The van der Waals surface area contributed by atoms with Crippen LogP contribution in [0.2, 0.25) is 0 Å². The first kappa shape index (κ1) is 19.7. The maximum Gasteiger partial charge on any atom is 0.326 e. The number of fused-ring (bicyclic) bond motifs is 1. The van der Waals surface area contributed by atoms with Gasteiger partial charge in [-0.25, -0.2) is 4.79 Å². The highest BCUT2D eigenvalue weighted by molar-refractivity contribution is 5.86. The molecule has 148 valence electrons. The van der Waals surface area contributed by atoms with E-state index in [1.54, 1.807) is 14.2 Å². The van der Waals surface area contributed by atoms with Gasteiger partial charge in [-0.2, -0.15) is 0 Å². The molecule has 0 bridgehead atoms. The number of hydrogen-bond acceptors (Lipinski definition) is 4. The molecule has 2 aromatic carbocycles. The van der Waals surface area contributed by atoms with Crippen LogP contribution in [0.25, 0.3) is 0 Å². The summed E-state index contributed by atoms with van der Waals surface area (Å²) in [6.45, 7) is 2.15. The molecule has 0 radical (unpaired) electrons. The minimum absolute atomic E-state index is 0.156. The number of ether oxygens (including phenoxy) is 2. The summed E-state index contributed by atoms with van der Waals surface area (Å²) in [4.78, 5) is 26.4. The SMILES string of the molecule is COc1ccc(CC(C)C(=O)N2Cc3ccccc3CC2C(=O)O)cc1OC. The van der Waals surface area contributed by atoms with E-state index in [1.165, 1.54) is 4.90 Å². The van der Waals surface area contributed by atoms with E-state index in [2.05, 4.69) is 0 Å².